The zero-order valence-corrected chi connectivity index (χ0v) is 15.9. The summed E-state index contributed by atoms with van der Waals surface area (Å²) >= 11 is 0. The Bertz CT molecular complexity index is 1080. The van der Waals surface area contributed by atoms with Gasteiger partial charge >= 0.3 is 0 Å². The van der Waals surface area contributed by atoms with Crippen LogP contribution in [0.1, 0.15) is 23.2 Å². The molecule has 2 heterocycles. The quantitative estimate of drug-likeness (QED) is 0.699. The Labute approximate surface area is 169 Å². The minimum absolute atomic E-state index is 0.0176. The van der Waals surface area contributed by atoms with E-state index in [-0.39, 0.29) is 17.9 Å². The van der Waals surface area contributed by atoms with Crippen LogP contribution in [0.3, 0.4) is 0 Å². The van der Waals surface area contributed by atoms with E-state index in [1.54, 1.807) is 6.07 Å². The number of carbonyl (C=O) groups excluding carboxylic acids is 2. The molecule has 0 aliphatic carbocycles. The molecule has 0 bridgehead atoms. The Kier molecular flexibility index (Phi) is 4.28. The molecule has 5 heteroatoms. The lowest BCUT2D eigenvalue weighted by Crippen LogP contribution is -2.43. The molecule has 1 atom stereocenters. The fourth-order valence-corrected chi connectivity index (χ4v) is 4.15. The number of rotatable bonds is 3. The topological polar surface area (TPSA) is 61.4 Å². The van der Waals surface area contributed by atoms with Gasteiger partial charge in [0.05, 0.1) is 11.4 Å². The number of anilines is 3. The van der Waals surface area contributed by atoms with Gasteiger partial charge in [0.25, 0.3) is 5.91 Å². The second kappa shape index (κ2) is 7.09. The van der Waals surface area contributed by atoms with Gasteiger partial charge in [0.15, 0.2) is 0 Å². The van der Waals surface area contributed by atoms with Crippen LogP contribution in [0.2, 0.25) is 0 Å². The highest BCUT2D eigenvalue weighted by atomic mass is 16.2. The first-order valence-corrected chi connectivity index (χ1v) is 9.87. The molecule has 2 amide bonds. The molecular weight excluding hydrogens is 362 g/mol. The first-order valence-electron chi connectivity index (χ1n) is 9.87. The Morgan fingerprint density at radius 3 is 2.52 bits per heavy atom. The Hall–Kier alpha value is -3.60. The number of nitrogens with zero attached hydrogens (tertiary/aromatic N) is 1. The second-order valence-corrected chi connectivity index (χ2v) is 7.47. The van der Waals surface area contributed by atoms with E-state index in [0.717, 1.165) is 41.9 Å². The smallest absolute Gasteiger partial charge is 0.255 e. The molecule has 0 spiro atoms. The van der Waals surface area contributed by atoms with Crippen molar-refractivity contribution < 1.29 is 9.59 Å². The summed E-state index contributed by atoms with van der Waals surface area (Å²) in [6.45, 7) is 0.879. The Balaban J connectivity index is 1.34. The zero-order valence-electron chi connectivity index (χ0n) is 15.9. The Morgan fingerprint density at radius 1 is 0.966 bits per heavy atom. The van der Waals surface area contributed by atoms with Crippen LogP contribution in [0.25, 0.3) is 11.1 Å². The third kappa shape index (κ3) is 3.25. The standard InChI is InChI=1S/C24H21N3O2/c28-23(25-19-11-8-17(9-12-19)16-5-2-1-3-6-16)18-10-13-21-20(15-18)26-24(29)22-7-4-14-27(21)22/h1-3,5-6,8-13,15,22H,4,7,14H2,(H,25,28)(H,26,29)/t22-/m0/s1. The minimum Gasteiger partial charge on any atom is -0.358 e. The van der Waals surface area contributed by atoms with E-state index in [4.69, 9.17) is 0 Å². The predicted molar refractivity (Wildman–Crippen MR) is 115 cm³/mol. The van der Waals surface area contributed by atoms with Crippen molar-refractivity contribution in [3.63, 3.8) is 0 Å². The average Bonchev–Trinajstić information content (AvgIpc) is 3.25. The summed E-state index contributed by atoms with van der Waals surface area (Å²) in [5.41, 5.74) is 5.19. The van der Waals surface area contributed by atoms with Gasteiger partial charge in [-0.3, -0.25) is 9.59 Å². The SMILES string of the molecule is O=C(Nc1ccc(-c2ccccc2)cc1)c1ccc2c(c1)NC(=O)[C@@H]1CCCN21. The molecule has 5 nitrogen and oxygen atoms in total. The van der Waals surface area contributed by atoms with Crippen molar-refractivity contribution in [3.05, 3.63) is 78.4 Å². The van der Waals surface area contributed by atoms with E-state index >= 15 is 0 Å². The van der Waals surface area contributed by atoms with Crippen LogP contribution >= 0.6 is 0 Å². The van der Waals surface area contributed by atoms with E-state index < -0.39 is 0 Å². The third-order valence-corrected chi connectivity index (χ3v) is 5.63. The fraction of sp³-hybridized carbons (Fsp3) is 0.167. The normalized spacial score (nSPS) is 17.3. The molecular formula is C24H21N3O2. The highest BCUT2D eigenvalue weighted by Crippen LogP contribution is 2.37. The number of amides is 2. The predicted octanol–water partition coefficient (Wildman–Crippen LogP) is 4.53. The molecule has 1 fully saturated rings. The molecule has 3 aromatic rings. The summed E-state index contributed by atoms with van der Waals surface area (Å²) in [6.07, 6.45) is 1.89. The zero-order chi connectivity index (χ0) is 19.8. The largest absolute Gasteiger partial charge is 0.358 e. The van der Waals surface area contributed by atoms with Gasteiger partial charge in [0.2, 0.25) is 5.91 Å². The van der Waals surface area contributed by atoms with Crippen molar-refractivity contribution in [2.75, 3.05) is 22.1 Å². The molecule has 5 rings (SSSR count). The maximum atomic E-state index is 12.7. The van der Waals surface area contributed by atoms with Crippen molar-refractivity contribution in [2.45, 2.75) is 18.9 Å². The summed E-state index contributed by atoms with van der Waals surface area (Å²) in [7, 11) is 0. The molecule has 0 saturated carbocycles. The van der Waals surface area contributed by atoms with Gasteiger partial charge in [-0.05, 0) is 54.3 Å². The van der Waals surface area contributed by atoms with E-state index in [1.807, 2.05) is 54.6 Å². The fourth-order valence-electron chi connectivity index (χ4n) is 4.15. The summed E-state index contributed by atoms with van der Waals surface area (Å²) in [5, 5.41) is 5.89. The maximum absolute atomic E-state index is 12.7. The van der Waals surface area contributed by atoms with Crippen LogP contribution < -0.4 is 15.5 Å². The first-order chi connectivity index (χ1) is 14.2. The van der Waals surface area contributed by atoms with E-state index in [9.17, 15) is 9.59 Å². The van der Waals surface area contributed by atoms with Crippen molar-refractivity contribution in [3.8, 4) is 11.1 Å². The summed E-state index contributed by atoms with van der Waals surface area (Å²) in [6, 6.07) is 23.3. The van der Waals surface area contributed by atoms with E-state index in [1.165, 1.54) is 0 Å². The van der Waals surface area contributed by atoms with Gasteiger partial charge in [0.1, 0.15) is 6.04 Å². The monoisotopic (exact) mass is 383 g/mol. The molecule has 144 valence electrons. The van der Waals surface area contributed by atoms with Crippen molar-refractivity contribution in [1.29, 1.82) is 0 Å². The number of nitrogens with one attached hydrogen (secondary N) is 2. The van der Waals surface area contributed by atoms with Gasteiger partial charge in [-0.1, -0.05) is 42.5 Å². The van der Waals surface area contributed by atoms with Gasteiger partial charge < -0.3 is 15.5 Å². The lowest BCUT2D eigenvalue weighted by atomic mass is 10.1. The number of carbonyl (C=O) groups is 2. The number of hydrogen-bond acceptors (Lipinski definition) is 3. The molecule has 2 N–H and O–H groups in total. The van der Waals surface area contributed by atoms with Crippen LogP contribution in [0.4, 0.5) is 17.1 Å². The molecule has 0 aromatic heterocycles. The lowest BCUT2D eigenvalue weighted by molar-refractivity contribution is -0.117. The second-order valence-electron chi connectivity index (χ2n) is 7.47. The van der Waals surface area contributed by atoms with E-state index in [0.29, 0.717) is 11.3 Å². The number of benzene rings is 3. The molecule has 2 aliphatic rings. The van der Waals surface area contributed by atoms with Crippen LogP contribution in [0.15, 0.2) is 72.8 Å². The summed E-state index contributed by atoms with van der Waals surface area (Å²) in [5.74, 6) is -0.179. The maximum Gasteiger partial charge on any atom is 0.255 e. The van der Waals surface area contributed by atoms with Crippen LogP contribution in [-0.2, 0) is 4.79 Å². The van der Waals surface area contributed by atoms with Crippen LogP contribution in [0.5, 0.6) is 0 Å². The average molecular weight is 383 g/mol. The molecule has 0 unspecified atom stereocenters. The van der Waals surface area contributed by atoms with Gasteiger partial charge in [-0.25, -0.2) is 0 Å². The highest BCUT2D eigenvalue weighted by Gasteiger charge is 2.36. The van der Waals surface area contributed by atoms with E-state index in [2.05, 4.69) is 27.7 Å². The van der Waals surface area contributed by atoms with Gasteiger partial charge in [-0.15, -0.1) is 0 Å². The van der Waals surface area contributed by atoms with Gasteiger partial charge in [-0.2, -0.15) is 0 Å². The minimum atomic E-state index is -0.196. The van der Waals surface area contributed by atoms with Crippen molar-refractivity contribution in [1.82, 2.24) is 0 Å². The third-order valence-electron chi connectivity index (χ3n) is 5.63. The van der Waals surface area contributed by atoms with Crippen LogP contribution in [0, 0.1) is 0 Å². The summed E-state index contributed by atoms with van der Waals surface area (Å²) < 4.78 is 0. The Morgan fingerprint density at radius 2 is 1.72 bits per heavy atom. The molecule has 29 heavy (non-hydrogen) atoms. The number of fused-ring (bicyclic) bond motifs is 3. The number of hydrogen-bond donors (Lipinski definition) is 2. The molecule has 3 aromatic carbocycles. The first kappa shape index (κ1) is 17.5. The lowest BCUT2D eigenvalue weighted by Gasteiger charge is -2.33. The highest BCUT2D eigenvalue weighted by molar-refractivity contribution is 6.09. The molecule has 2 aliphatic heterocycles. The molecule has 0 radical (unpaired) electrons. The van der Waals surface area contributed by atoms with Crippen molar-refractivity contribution in [2.24, 2.45) is 0 Å². The van der Waals surface area contributed by atoms with Gasteiger partial charge in [0, 0.05) is 17.8 Å². The summed E-state index contributed by atoms with van der Waals surface area (Å²) in [4.78, 5) is 27.2. The molecule has 1 saturated heterocycles. The van der Waals surface area contributed by atoms with Crippen LogP contribution in [-0.4, -0.2) is 24.4 Å². The van der Waals surface area contributed by atoms with Crippen molar-refractivity contribution >= 4 is 28.9 Å².